The summed E-state index contributed by atoms with van der Waals surface area (Å²) in [6.45, 7) is 3.63. The topological polar surface area (TPSA) is 98.1 Å². The van der Waals surface area contributed by atoms with Crippen molar-refractivity contribution >= 4 is 23.7 Å². The molecule has 0 bridgehead atoms. The number of rotatable bonds is 6. The third kappa shape index (κ3) is 4.96. The van der Waals surface area contributed by atoms with Crippen molar-refractivity contribution in [3.8, 4) is 17.1 Å². The summed E-state index contributed by atoms with van der Waals surface area (Å²) in [5.74, 6) is 0.990. The molecule has 0 radical (unpaired) electrons. The Kier molecular flexibility index (Phi) is 6.40. The summed E-state index contributed by atoms with van der Waals surface area (Å²) in [6.07, 6.45) is 0. The lowest BCUT2D eigenvalue weighted by molar-refractivity contribution is -0.117. The molecular weight excluding hydrogens is 342 g/mol. The van der Waals surface area contributed by atoms with Gasteiger partial charge in [-0.3, -0.25) is 10.1 Å². The fourth-order valence-electron chi connectivity index (χ4n) is 2.10. The molecule has 2 rings (SSSR count). The van der Waals surface area contributed by atoms with Gasteiger partial charge in [-0.15, -0.1) is 10.2 Å². The lowest BCUT2D eigenvalue weighted by Crippen LogP contribution is -2.43. The number of nitrogens with zero attached hydrogens (tertiary/aromatic N) is 3. The van der Waals surface area contributed by atoms with Crippen molar-refractivity contribution in [3.05, 3.63) is 24.3 Å². The summed E-state index contributed by atoms with van der Waals surface area (Å²) in [6, 6.07) is 6.95. The van der Waals surface area contributed by atoms with Crippen molar-refractivity contribution in [2.24, 2.45) is 7.05 Å². The van der Waals surface area contributed by atoms with Gasteiger partial charge in [0.2, 0.25) is 5.91 Å². The first-order valence-electron chi connectivity index (χ1n) is 7.68. The minimum Gasteiger partial charge on any atom is -0.496 e. The van der Waals surface area contributed by atoms with Gasteiger partial charge in [0.05, 0.1) is 18.4 Å². The highest BCUT2D eigenvalue weighted by molar-refractivity contribution is 7.99. The number of ether oxygens (including phenoxy) is 1. The van der Waals surface area contributed by atoms with Gasteiger partial charge in [0, 0.05) is 13.1 Å². The van der Waals surface area contributed by atoms with Crippen LogP contribution >= 0.6 is 11.8 Å². The Hall–Kier alpha value is -2.55. The summed E-state index contributed by atoms with van der Waals surface area (Å²) in [4.78, 5) is 23.3. The molecule has 2 aromatic rings. The van der Waals surface area contributed by atoms with Crippen molar-refractivity contribution in [3.63, 3.8) is 0 Å². The van der Waals surface area contributed by atoms with E-state index in [9.17, 15) is 9.59 Å². The Morgan fingerprint density at radius 2 is 2.00 bits per heavy atom. The molecule has 0 aliphatic rings. The molecule has 0 aliphatic heterocycles. The molecular formula is C16H21N5O3S. The number of urea groups is 1. The minimum absolute atomic E-state index is 0.0393. The maximum absolute atomic E-state index is 11.8. The summed E-state index contributed by atoms with van der Waals surface area (Å²) in [7, 11) is 3.41. The predicted molar refractivity (Wildman–Crippen MR) is 95.5 cm³/mol. The number of nitrogens with one attached hydrogen (secondary N) is 2. The molecule has 3 amide bonds. The number of hydrogen-bond donors (Lipinski definition) is 2. The van der Waals surface area contributed by atoms with E-state index in [4.69, 9.17) is 4.74 Å². The minimum atomic E-state index is -0.506. The van der Waals surface area contributed by atoms with E-state index in [0.29, 0.717) is 16.7 Å². The van der Waals surface area contributed by atoms with Crippen molar-refractivity contribution in [1.82, 2.24) is 25.4 Å². The first-order valence-corrected chi connectivity index (χ1v) is 8.66. The Balaban J connectivity index is 2.02. The molecule has 134 valence electrons. The molecule has 0 saturated carbocycles. The van der Waals surface area contributed by atoms with Gasteiger partial charge in [-0.25, -0.2) is 4.79 Å². The number of carbonyl (C=O) groups excluding carboxylic acids is 2. The van der Waals surface area contributed by atoms with E-state index in [1.807, 2.05) is 45.2 Å². The fourth-order valence-corrected chi connectivity index (χ4v) is 2.81. The molecule has 0 fully saturated rings. The molecule has 1 aromatic heterocycles. The number of methoxy groups -OCH3 is 1. The second kappa shape index (κ2) is 8.52. The quantitative estimate of drug-likeness (QED) is 0.760. The van der Waals surface area contributed by atoms with E-state index in [0.717, 1.165) is 5.56 Å². The van der Waals surface area contributed by atoms with Gasteiger partial charge >= 0.3 is 6.03 Å². The number of imide groups is 1. The Morgan fingerprint density at radius 3 is 2.68 bits per heavy atom. The van der Waals surface area contributed by atoms with Crippen LogP contribution in [0.5, 0.6) is 5.75 Å². The molecule has 0 aliphatic carbocycles. The number of thioether (sulfide) groups is 1. The molecule has 8 nitrogen and oxygen atoms in total. The van der Waals surface area contributed by atoms with Gasteiger partial charge in [0.25, 0.3) is 0 Å². The van der Waals surface area contributed by atoms with Gasteiger partial charge < -0.3 is 14.6 Å². The Bertz CT molecular complexity index is 760. The van der Waals surface area contributed by atoms with Crippen LogP contribution in [-0.2, 0) is 11.8 Å². The average Bonchev–Trinajstić information content (AvgIpc) is 2.92. The van der Waals surface area contributed by atoms with E-state index < -0.39 is 11.9 Å². The number of aromatic nitrogens is 3. The third-order valence-electron chi connectivity index (χ3n) is 3.19. The number of benzene rings is 1. The Labute approximate surface area is 150 Å². The highest BCUT2D eigenvalue weighted by Crippen LogP contribution is 2.29. The van der Waals surface area contributed by atoms with E-state index in [-0.39, 0.29) is 11.8 Å². The molecule has 25 heavy (non-hydrogen) atoms. The van der Waals surface area contributed by atoms with Crippen LogP contribution in [0, 0.1) is 0 Å². The standard InChI is InChI=1S/C16H21N5O3S/c1-10(2)17-15(23)18-13(22)9-25-16-20-19-14(21(16)3)11-7-5-6-8-12(11)24-4/h5-8,10H,9H2,1-4H3,(H2,17,18,22,23). The van der Waals surface area contributed by atoms with Crippen LogP contribution in [0.15, 0.2) is 29.4 Å². The number of hydrogen-bond acceptors (Lipinski definition) is 6. The van der Waals surface area contributed by atoms with Crippen LogP contribution in [0.4, 0.5) is 4.79 Å². The number of para-hydroxylation sites is 1. The zero-order chi connectivity index (χ0) is 18.4. The molecule has 0 atom stereocenters. The maximum Gasteiger partial charge on any atom is 0.321 e. The van der Waals surface area contributed by atoms with Crippen LogP contribution in [0.2, 0.25) is 0 Å². The molecule has 2 N–H and O–H groups in total. The van der Waals surface area contributed by atoms with Crippen molar-refractivity contribution < 1.29 is 14.3 Å². The van der Waals surface area contributed by atoms with Crippen molar-refractivity contribution in [2.75, 3.05) is 12.9 Å². The normalized spacial score (nSPS) is 10.6. The predicted octanol–water partition coefficient (Wildman–Crippen LogP) is 1.82. The molecule has 1 heterocycles. The van der Waals surface area contributed by atoms with Crippen molar-refractivity contribution in [1.29, 1.82) is 0 Å². The zero-order valence-electron chi connectivity index (χ0n) is 14.6. The van der Waals surface area contributed by atoms with E-state index in [1.165, 1.54) is 11.8 Å². The van der Waals surface area contributed by atoms with Gasteiger partial charge in [-0.1, -0.05) is 23.9 Å². The van der Waals surface area contributed by atoms with Crippen LogP contribution in [0.3, 0.4) is 0 Å². The first kappa shape index (κ1) is 18.8. The molecule has 1 aromatic carbocycles. The van der Waals surface area contributed by atoms with Crippen LogP contribution in [0.25, 0.3) is 11.4 Å². The largest absolute Gasteiger partial charge is 0.496 e. The van der Waals surface area contributed by atoms with E-state index >= 15 is 0 Å². The highest BCUT2D eigenvalue weighted by atomic mass is 32.2. The summed E-state index contributed by atoms with van der Waals surface area (Å²) in [5, 5.41) is 13.7. The Morgan fingerprint density at radius 1 is 1.28 bits per heavy atom. The van der Waals surface area contributed by atoms with Crippen LogP contribution in [-0.4, -0.2) is 45.6 Å². The SMILES string of the molecule is COc1ccccc1-c1nnc(SCC(=O)NC(=O)NC(C)C)n1C. The van der Waals surface area contributed by atoms with Crippen LogP contribution in [0.1, 0.15) is 13.8 Å². The molecule has 9 heteroatoms. The van der Waals surface area contributed by atoms with Gasteiger partial charge in [-0.2, -0.15) is 0 Å². The van der Waals surface area contributed by atoms with E-state index in [2.05, 4.69) is 20.8 Å². The molecule has 0 unspecified atom stereocenters. The second-order valence-electron chi connectivity index (χ2n) is 5.53. The van der Waals surface area contributed by atoms with Gasteiger partial charge in [-0.05, 0) is 26.0 Å². The fraction of sp³-hybridized carbons (Fsp3) is 0.375. The summed E-state index contributed by atoms with van der Waals surface area (Å²) in [5.41, 5.74) is 0.813. The second-order valence-corrected chi connectivity index (χ2v) is 6.47. The molecule has 0 saturated heterocycles. The third-order valence-corrected chi connectivity index (χ3v) is 4.21. The van der Waals surface area contributed by atoms with E-state index in [1.54, 1.807) is 11.7 Å². The average molecular weight is 363 g/mol. The van der Waals surface area contributed by atoms with Gasteiger partial charge in [0.1, 0.15) is 5.75 Å². The number of carbonyl (C=O) groups is 2. The molecule has 0 spiro atoms. The first-order chi connectivity index (χ1) is 11.9. The van der Waals surface area contributed by atoms with Gasteiger partial charge in [0.15, 0.2) is 11.0 Å². The maximum atomic E-state index is 11.8. The summed E-state index contributed by atoms with van der Waals surface area (Å²) >= 11 is 1.20. The number of amides is 3. The highest BCUT2D eigenvalue weighted by Gasteiger charge is 2.16. The zero-order valence-corrected chi connectivity index (χ0v) is 15.4. The summed E-state index contributed by atoms with van der Waals surface area (Å²) < 4.78 is 7.12. The lowest BCUT2D eigenvalue weighted by atomic mass is 10.2. The smallest absolute Gasteiger partial charge is 0.321 e. The van der Waals surface area contributed by atoms with Crippen LogP contribution < -0.4 is 15.4 Å². The van der Waals surface area contributed by atoms with Crippen molar-refractivity contribution in [2.45, 2.75) is 25.0 Å². The lowest BCUT2D eigenvalue weighted by Gasteiger charge is -2.09. The monoisotopic (exact) mass is 363 g/mol.